The van der Waals surface area contributed by atoms with E-state index in [0.29, 0.717) is 33.6 Å². The van der Waals surface area contributed by atoms with Crippen LogP contribution in [0.5, 0.6) is 5.75 Å². The van der Waals surface area contributed by atoms with Crippen molar-refractivity contribution < 1.29 is 13.9 Å². The summed E-state index contributed by atoms with van der Waals surface area (Å²) in [6.45, 7) is 0. The molecule has 0 aliphatic rings. The van der Waals surface area contributed by atoms with Gasteiger partial charge in [-0.1, -0.05) is 12.1 Å². The summed E-state index contributed by atoms with van der Waals surface area (Å²) in [6.07, 6.45) is 3.26. The largest absolute Gasteiger partial charge is 0.496 e. The lowest BCUT2D eigenvalue weighted by Gasteiger charge is -2.07. The number of benzene rings is 1. The Morgan fingerprint density at radius 3 is 2.89 bits per heavy atom. The number of anilines is 1. The van der Waals surface area contributed by atoms with Crippen molar-refractivity contribution in [1.82, 2.24) is 14.8 Å². The molecule has 4 rings (SSSR count). The van der Waals surface area contributed by atoms with Gasteiger partial charge >= 0.3 is 0 Å². The fourth-order valence-corrected chi connectivity index (χ4v) is 3.42. The summed E-state index contributed by atoms with van der Waals surface area (Å²) in [7, 11) is 3.36. The molecule has 8 heteroatoms. The first-order valence-electron chi connectivity index (χ1n) is 8.13. The van der Waals surface area contributed by atoms with E-state index in [1.54, 1.807) is 37.4 Å². The fraction of sp³-hybridized carbons (Fsp3) is 0.105. The number of aromatic nitrogens is 3. The average molecular weight is 380 g/mol. The van der Waals surface area contributed by atoms with Gasteiger partial charge in [0.05, 0.1) is 18.9 Å². The summed E-state index contributed by atoms with van der Waals surface area (Å²) in [5, 5.41) is 9.60. The van der Waals surface area contributed by atoms with Gasteiger partial charge in [0.2, 0.25) is 0 Å². The zero-order valence-electron chi connectivity index (χ0n) is 14.7. The van der Waals surface area contributed by atoms with Gasteiger partial charge in [0, 0.05) is 24.2 Å². The van der Waals surface area contributed by atoms with Crippen LogP contribution in [0.15, 0.2) is 58.7 Å². The molecule has 0 saturated heterocycles. The zero-order valence-corrected chi connectivity index (χ0v) is 15.5. The van der Waals surface area contributed by atoms with Crippen molar-refractivity contribution in [2.45, 2.75) is 0 Å². The van der Waals surface area contributed by atoms with Gasteiger partial charge in [-0.05, 0) is 24.3 Å². The number of para-hydroxylation sites is 1. The summed E-state index contributed by atoms with van der Waals surface area (Å²) >= 11 is 1.33. The van der Waals surface area contributed by atoms with E-state index in [0.717, 1.165) is 5.56 Å². The number of rotatable bonds is 5. The highest BCUT2D eigenvalue weighted by Crippen LogP contribution is 2.32. The Morgan fingerprint density at radius 2 is 2.11 bits per heavy atom. The van der Waals surface area contributed by atoms with Gasteiger partial charge in [0.1, 0.15) is 17.1 Å². The summed E-state index contributed by atoms with van der Waals surface area (Å²) in [4.78, 5) is 17.3. The van der Waals surface area contributed by atoms with Crippen LogP contribution in [-0.2, 0) is 7.05 Å². The Hall–Kier alpha value is -3.39. The zero-order chi connectivity index (χ0) is 18.8. The SMILES string of the molecule is COc1ccccc1-c1nn(C)cc1C(=O)Nc1nc(-c2ccco2)cs1. The van der Waals surface area contributed by atoms with Crippen molar-refractivity contribution in [1.29, 1.82) is 0 Å². The van der Waals surface area contributed by atoms with Crippen LogP contribution in [0, 0.1) is 0 Å². The molecule has 136 valence electrons. The van der Waals surface area contributed by atoms with Crippen LogP contribution < -0.4 is 10.1 Å². The van der Waals surface area contributed by atoms with Gasteiger partial charge < -0.3 is 9.15 Å². The number of nitrogens with one attached hydrogen (secondary N) is 1. The summed E-state index contributed by atoms with van der Waals surface area (Å²) in [5.41, 5.74) is 2.42. The van der Waals surface area contributed by atoms with Crippen LogP contribution in [0.3, 0.4) is 0 Å². The topological polar surface area (TPSA) is 82.2 Å². The molecule has 0 bridgehead atoms. The normalized spacial score (nSPS) is 10.7. The molecule has 0 saturated carbocycles. The molecule has 0 fully saturated rings. The molecule has 0 aliphatic heterocycles. The molecule has 0 atom stereocenters. The quantitative estimate of drug-likeness (QED) is 0.564. The number of thiazole rings is 1. The summed E-state index contributed by atoms with van der Waals surface area (Å²) in [6, 6.07) is 11.1. The first-order chi connectivity index (χ1) is 13.2. The number of hydrogen-bond donors (Lipinski definition) is 1. The molecule has 4 aromatic rings. The molecule has 1 N–H and O–H groups in total. The lowest BCUT2D eigenvalue weighted by atomic mass is 10.1. The van der Waals surface area contributed by atoms with Crippen LogP contribution >= 0.6 is 11.3 Å². The number of hydrogen-bond acceptors (Lipinski definition) is 6. The number of furan rings is 1. The van der Waals surface area contributed by atoms with Crippen molar-refractivity contribution in [2.24, 2.45) is 7.05 Å². The van der Waals surface area contributed by atoms with Gasteiger partial charge in [-0.25, -0.2) is 4.98 Å². The standard InChI is InChI=1S/C19H16N4O3S/c1-23-10-13(17(22-23)12-6-3-4-7-15(12)25-2)18(24)21-19-20-14(11-27-19)16-8-5-9-26-16/h3-11H,1-2H3,(H,20,21,24). The lowest BCUT2D eigenvalue weighted by Crippen LogP contribution is -2.12. The maximum atomic E-state index is 12.9. The molecule has 0 aliphatic carbocycles. The minimum atomic E-state index is -0.288. The van der Waals surface area contributed by atoms with Crippen LogP contribution in [-0.4, -0.2) is 27.8 Å². The molecule has 0 spiro atoms. The average Bonchev–Trinajstić information content (AvgIpc) is 3.41. The summed E-state index contributed by atoms with van der Waals surface area (Å²) in [5.74, 6) is 1.02. The Bertz CT molecular complexity index is 1080. The Labute approximate surface area is 159 Å². The second kappa shape index (κ2) is 7.08. The van der Waals surface area contributed by atoms with E-state index >= 15 is 0 Å². The van der Waals surface area contributed by atoms with Crippen molar-refractivity contribution in [3.63, 3.8) is 0 Å². The van der Waals surface area contributed by atoms with Crippen LogP contribution in [0.1, 0.15) is 10.4 Å². The maximum absolute atomic E-state index is 12.9. The van der Waals surface area contributed by atoms with Crippen LogP contribution in [0.25, 0.3) is 22.7 Å². The molecule has 0 unspecified atom stereocenters. The maximum Gasteiger partial charge on any atom is 0.261 e. The van der Waals surface area contributed by atoms with Gasteiger partial charge in [-0.2, -0.15) is 5.10 Å². The second-order valence-electron chi connectivity index (χ2n) is 5.73. The van der Waals surface area contributed by atoms with E-state index in [4.69, 9.17) is 9.15 Å². The van der Waals surface area contributed by atoms with Crippen molar-refractivity contribution >= 4 is 22.4 Å². The van der Waals surface area contributed by atoms with E-state index in [2.05, 4.69) is 15.4 Å². The van der Waals surface area contributed by atoms with E-state index in [9.17, 15) is 4.79 Å². The fourth-order valence-electron chi connectivity index (χ4n) is 2.73. The molecule has 3 aromatic heterocycles. The van der Waals surface area contributed by atoms with Gasteiger partial charge in [-0.15, -0.1) is 11.3 Å². The Kier molecular flexibility index (Phi) is 4.47. The first-order valence-corrected chi connectivity index (χ1v) is 9.01. The number of methoxy groups -OCH3 is 1. The van der Waals surface area contributed by atoms with Crippen molar-refractivity contribution in [3.05, 3.63) is 59.8 Å². The number of carbonyl (C=O) groups excluding carboxylic acids is 1. The highest BCUT2D eigenvalue weighted by Gasteiger charge is 2.21. The van der Waals surface area contributed by atoms with E-state index in [1.165, 1.54) is 11.3 Å². The monoisotopic (exact) mass is 380 g/mol. The third-order valence-electron chi connectivity index (χ3n) is 3.93. The van der Waals surface area contributed by atoms with Gasteiger partial charge in [-0.3, -0.25) is 14.8 Å². The highest BCUT2D eigenvalue weighted by molar-refractivity contribution is 7.14. The van der Waals surface area contributed by atoms with Gasteiger partial charge in [0.15, 0.2) is 10.9 Å². The summed E-state index contributed by atoms with van der Waals surface area (Å²) < 4.78 is 12.3. The van der Waals surface area contributed by atoms with Crippen LogP contribution in [0.2, 0.25) is 0 Å². The number of amides is 1. The number of nitrogens with zero attached hydrogens (tertiary/aromatic N) is 3. The number of aryl methyl sites for hydroxylation is 1. The molecule has 1 amide bonds. The first kappa shape index (κ1) is 17.0. The molecule has 1 aromatic carbocycles. The molecular weight excluding hydrogens is 364 g/mol. The molecular formula is C19H16N4O3S. The van der Waals surface area contributed by atoms with E-state index in [1.807, 2.05) is 35.7 Å². The predicted molar refractivity (Wildman–Crippen MR) is 103 cm³/mol. The minimum absolute atomic E-state index is 0.288. The lowest BCUT2D eigenvalue weighted by molar-refractivity contribution is 0.102. The third kappa shape index (κ3) is 3.34. The Morgan fingerprint density at radius 1 is 1.26 bits per heavy atom. The predicted octanol–water partition coefficient (Wildman–Crippen LogP) is 4.06. The van der Waals surface area contributed by atoms with E-state index < -0.39 is 0 Å². The number of carbonyl (C=O) groups is 1. The molecule has 7 nitrogen and oxygen atoms in total. The molecule has 0 radical (unpaired) electrons. The van der Waals surface area contributed by atoms with Crippen molar-refractivity contribution in [2.75, 3.05) is 12.4 Å². The minimum Gasteiger partial charge on any atom is -0.496 e. The van der Waals surface area contributed by atoms with Crippen molar-refractivity contribution in [3.8, 4) is 28.5 Å². The van der Waals surface area contributed by atoms with Crippen LogP contribution in [0.4, 0.5) is 5.13 Å². The van der Waals surface area contributed by atoms with Gasteiger partial charge in [0.25, 0.3) is 5.91 Å². The Balaban J connectivity index is 1.63. The van der Waals surface area contributed by atoms with E-state index in [-0.39, 0.29) is 5.91 Å². The molecule has 3 heterocycles. The second-order valence-corrected chi connectivity index (χ2v) is 6.59. The third-order valence-corrected chi connectivity index (χ3v) is 4.69. The smallest absolute Gasteiger partial charge is 0.261 e. The highest BCUT2D eigenvalue weighted by atomic mass is 32.1. The molecule has 27 heavy (non-hydrogen) atoms. The number of ether oxygens (including phenoxy) is 1.